The molecule has 1 heterocycles. The van der Waals surface area contributed by atoms with Gasteiger partial charge in [0.2, 0.25) is 5.91 Å². The molecule has 4 rings (SSSR count). The van der Waals surface area contributed by atoms with Crippen molar-refractivity contribution >= 4 is 23.5 Å². The van der Waals surface area contributed by atoms with E-state index in [0.717, 1.165) is 0 Å². The quantitative estimate of drug-likeness (QED) is 0.660. The van der Waals surface area contributed by atoms with Crippen LogP contribution in [-0.2, 0) is 25.1 Å². The number of benzene rings is 1. The SMILES string of the molecule is COC(=O)c1cc(NC(=O)C23CCC(C)(c4nc(C#N)c(C#N)nc42)C3(C)C)cc(C(=O)OC)c1. The minimum atomic E-state index is -1.16. The Morgan fingerprint density at radius 1 is 0.886 bits per heavy atom. The maximum atomic E-state index is 14.0. The summed E-state index contributed by atoms with van der Waals surface area (Å²) in [6.07, 6.45) is 1.07. The van der Waals surface area contributed by atoms with E-state index in [1.165, 1.54) is 32.4 Å². The van der Waals surface area contributed by atoms with E-state index >= 15 is 0 Å². The summed E-state index contributed by atoms with van der Waals surface area (Å²) in [6, 6.07) is 7.97. The molecule has 2 aliphatic carbocycles. The molecule has 1 N–H and O–H groups in total. The Kier molecular flexibility index (Phi) is 5.37. The van der Waals surface area contributed by atoms with Crippen molar-refractivity contribution in [3.63, 3.8) is 0 Å². The van der Waals surface area contributed by atoms with Crippen LogP contribution in [0.1, 0.15) is 77.1 Å². The third-order valence-electron chi connectivity index (χ3n) is 7.90. The van der Waals surface area contributed by atoms with Crippen LogP contribution in [0.25, 0.3) is 0 Å². The number of nitrogens with one attached hydrogen (secondary N) is 1. The van der Waals surface area contributed by atoms with Crippen molar-refractivity contribution in [3.05, 3.63) is 52.1 Å². The molecule has 0 radical (unpaired) electrons. The second-order valence-corrected chi connectivity index (χ2v) is 9.44. The highest BCUT2D eigenvalue weighted by Gasteiger charge is 2.73. The fourth-order valence-electron chi connectivity index (χ4n) is 5.55. The molecule has 1 amide bonds. The molecule has 0 aliphatic heterocycles. The van der Waals surface area contributed by atoms with E-state index in [2.05, 4.69) is 15.3 Å². The van der Waals surface area contributed by atoms with Crippen molar-refractivity contribution < 1.29 is 23.9 Å². The molecule has 178 valence electrons. The maximum Gasteiger partial charge on any atom is 0.337 e. The summed E-state index contributed by atoms with van der Waals surface area (Å²) in [5.41, 5.74) is -1.34. The molecule has 1 fully saturated rings. The first-order valence-corrected chi connectivity index (χ1v) is 10.9. The average Bonchev–Trinajstić information content (AvgIpc) is 3.16. The number of amides is 1. The van der Waals surface area contributed by atoms with Crippen LogP contribution in [0.15, 0.2) is 18.2 Å². The second-order valence-electron chi connectivity index (χ2n) is 9.44. The number of methoxy groups -OCH3 is 2. The summed E-state index contributed by atoms with van der Waals surface area (Å²) in [7, 11) is 2.42. The average molecular weight is 473 g/mol. The molecule has 1 aromatic carbocycles. The highest BCUT2D eigenvalue weighted by atomic mass is 16.5. The lowest BCUT2D eigenvalue weighted by Crippen LogP contribution is -2.48. The van der Waals surface area contributed by atoms with Crippen LogP contribution in [0.5, 0.6) is 0 Å². The molecular formula is C25H23N5O5. The number of anilines is 1. The minimum absolute atomic E-state index is 0.0655. The zero-order valence-electron chi connectivity index (χ0n) is 20.0. The van der Waals surface area contributed by atoms with Crippen LogP contribution in [0.4, 0.5) is 5.69 Å². The number of nitrogens with zero attached hydrogens (tertiary/aromatic N) is 4. The van der Waals surface area contributed by atoms with Gasteiger partial charge in [-0.2, -0.15) is 10.5 Å². The Hall–Kier alpha value is -4.31. The van der Waals surface area contributed by atoms with Crippen LogP contribution >= 0.6 is 0 Å². The monoisotopic (exact) mass is 473 g/mol. The van der Waals surface area contributed by atoms with Gasteiger partial charge in [-0.05, 0) is 36.5 Å². The number of carbonyl (C=O) groups excluding carboxylic acids is 3. The normalized spacial score (nSPS) is 22.9. The second kappa shape index (κ2) is 7.88. The van der Waals surface area contributed by atoms with Gasteiger partial charge < -0.3 is 14.8 Å². The lowest BCUT2D eigenvalue weighted by atomic mass is 9.63. The van der Waals surface area contributed by atoms with E-state index in [0.29, 0.717) is 24.2 Å². The van der Waals surface area contributed by atoms with Crippen molar-refractivity contribution in [2.75, 3.05) is 19.5 Å². The predicted octanol–water partition coefficient (Wildman–Crippen LogP) is 2.76. The number of aromatic nitrogens is 2. The Balaban J connectivity index is 1.86. The molecule has 0 saturated heterocycles. The molecule has 2 atom stereocenters. The highest BCUT2D eigenvalue weighted by Crippen LogP contribution is 2.70. The number of hydrogen-bond acceptors (Lipinski definition) is 9. The Bertz CT molecular complexity index is 1350. The molecule has 2 unspecified atom stereocenters. The van der Waals surface area contributed by atoms with Crippen molar-refractivity contribution in [3.8, 4) is 12.1 Å². The van der Waals surface area contributed by atoms with E-state index in [4.69, 9.17) is 9.47 Å². The molecule has 2 aliphatic rings. The van der Waals surface area contributed by atoms with Crippen LogP contribution in [0, 0.1) is 28.1 Å². The molecule has 1 saturated carbocycles. The van der Waals surface area contributed by atoms with Crippen LogP contribution in [0.2, 0.25) is 0 Å². The number of nitriles is 2. The maximum absolute atomic E-state index is 14.0. The number of carbonyl (C=O) groups is 3. The van der Waals surface area contributed by atoms with E-state index in [9.17, 15) is 24.9 Å². The fourth-order valence-corrected chi connectivity index (χ4v) is 5.55. The van der Waals surface area contributed by atoms with Gasteiger partial charge in [-0.3, -0.25) is 4.79 Å². The molecule has 10 heteroatoms. The van der Waals surface area contributed by atoms with Crippen molar-refractivity contribution in [2.45, 2.75) is 44.4 Å². The molecule has 2 bridgehead atoms. The van der Waals surface area contributed by atoms with E-state index < -0.39 is 34.1 Å². The number of ether oxygens (including phenoxy) is 2. The van der Waals surface area contributed by atoms with Crippen molar-refractivity contribution in [1.29, 1.82) is 10.5 Å². The molecule has 35 heavy (non-hydrogen) atoms. The van der Waals surface area contributed by atoms with Gasteiger partial charge in [-0.15, -0.1) is 0 Å². The van der Waals surface area contributed by atoms with Gasteiger partial charge in [-0.25, -0.2) is 19.6 Å². The standard InChI is InChI=1S/C25H23N5O5/c1-23(2)24(3)6-7-25(23,19-18(24)29-16(11-26)17(12-27)30-19)22(33)28-15-9-13(20(31)34-4)8-14(10-15)21(32)35-5/h8-10H,6-7H2,1-5H3,(H,28,33). The summed E-state index contributed by atoms with van der Waals surface area (Å²) in [6.45, 7) is 5.89. The van der Waals surface area contributed by atoms with E-state index in [1.807, 2.05) is 32.9 Å². The lowest BCUT2D eigenvalue weighted by molar-refractivity contribution is -0.125. The van der Waals surface area contributed by atoms with Gasteiger partial charge in [0, 0.05) is 11.1 Å². The van der Waals surface area contributed by atoms with Gasteiger partial charge in [0.05, 0.1) is 42.1 Å². The van der Waals surface area contributed by atoms with Crippen LogP contribution in [-0.4, -0.2) is 42.0 Å². The smallest absolute Gasteiger partial charge is 0.337 e. The predicted molar refractivity (Wildman–Crippen MR) is 121 cm³/mol. The number of rotatable bonds is 4. The highest BCUT2D eigenvalue weighted by molar-refractivity contribution is 6.04. The van der Waals surface area contributed by atoms with Crippen LogP contribution in [0.3, 0.4) is 0 Å². The van der Waals surface area contributed by atoms with E-state index in [1.54, 1.807) is 0 Å². The molecule has 2 aromatic rings. The number of hydrogen-bond donors (Lipinski definition) is 1. The van der Waals surface area contributed by atoms with Crippen molar-refractivity contribution in [1.82, 2.24) is 9.97 Å². The van der Waals surface area contributed by atoms with Gasteiger partial charge in [0.1, 0.15) is 12.1 Å². The zero-order valence-corrected chi connectivity index (χ0v) is 20.0. The first-order valence-electron chi connectivity index (χ1n) is 10.9. The van der Waals surface area contributed by atoms with Gasteiger partial charge in [-0.1, -0.05) is 20.8 Å². The minimum Gasteiger partial charge on any atom is -0.465 e. The van der Waals surface area contributed by atoms with Gasteiger partial charge in [0.15, 0.2) is 11.4 Å². The fraction of sp³-hybridized carbons (Fsp3) is 0.400. The molecule has 10 nitrogen and oxygen atoms in total. The largest absolute Gasteiger partial charge is 0.465 e. The Labute approximate surface area is 201 Å². The first-order chi connectivity index (χ1) is 16.5. The first kappa shape index (κ1) is 23.8. The summed E-state index contributed by atoms with van der Waals surface area (Å²) in [5.74, 6) is -1.78. The Morgan fingerprint density at radius 3 is 1.89 bits per heavy atom. The summed E-state index contributed by atoms with van der Waals surface area (Å²) >= 11 is 0. The Morgan fingerprint density at radius 2 is 1.40 bits per heavy atom. The van der Waals surface area contributed by atoms with E-state index in [-0.39, 0.29) is 28.2 Å². The van der Waals surface area contributed by atoms with Crippen molar-refractivity contribution in [2.24, 2.45) is 5.41 Å². The molecular weight excluding hydrogens is 450 g/mol. The number of fused-ring (bicyclic) bond motifs is 5. The van der Waals surface area contributed by atoms with Gasteiger partial charge >= 0.3 is 11.9 Å². The third kappa shape index (κ3) is 3.03. The summed E-state index contributed by atoms with van der Waals surface area (Å²) in [5, 5.41) is 21.8. The van der Waals surface area contributed by atoms with Gasteiger partial charge in [0.25, 0.3) is 0 Å². The summed E-state index contributed by atoms with van der Waals surface area (Å²) < 4.78 is 9.55. The summed E-state index contributed by atoms with van der Waals surface area (Å²) in [4.78, 5) is 47.3. The zero-order chi connectivity index (χ0) is 25.8. The lowest BCUT2D eigenvalue weighted by Gasteiger charge is -2.39. The topological polar surface area (TPSA) is 155 Å². The number of esters is 2. The third-order valence-corrected chi connectivity index (χ3v) is 7.90. The molecule has 0 spiro atoms. The molecule has 1 aromatic heterocycles. The van der Waals surface area contributed by atoms with Crippen LogP contribution < -0.4 is 5.32 Å².